The number of rotatable bonds is 8. The number of ether oxygens (including phenoxy) is 1. The van der Waals surface area contributed by atoms with Gasteiger partial charge in [0.05, 0.1) is 10.5 Å². The Morgan fingerprint density at radius 2 is 1.76 bits per heavy atom. The molecular formula is C20H23FN2O5S. The number of sulfonamides is 1. The van der Waals surface area contributed by atoms with Crippen LogP contribution in [0.5, 0.6) is 0 Å². The Hall–Kier alpha value is -2.78. The van der Waals surface area contributed by atoms with Gasteiger partial charge in [0.15, 0.2) is 6.10 Å². The van der Waals surface area contributed by atoms with E-state index >= 15 is 0 Å². The number of esters is 1. The Bertz CT molecular complexity index is 977. The third kappa shape index (κ3) is 6.37. The van der Waals surface area contributed by atoms with Crippen LogP contribution < -0.4 is 10.0 Å². The largest absolute Gasteiger partial charge is 0.449 e. The van der Waals surface area contributed by atoms with Gasteiger partial charge in [-0.3, -0.25) is 4.79 Å². The van der Waals surface area contributed by atoms with Gasteiger partial charge in [-0.05, 0) is 62.7 Å². The maximum absolute atomic E-state index is 13.2. The van der Waals surface area contributed by atoms with Gasteiger partial charge in [-0.2, -0.15) is 0 Å². The van der Waals surface area contributed by atoms with Crippen molar-refractivity contribution in [2.75, 3.05) is 5.32 Å². The molecule has 2 aromatic carbocycles. The summed E-state index contributed by atoms with van der Waals surface area (Å²) in [6.45, 7) is 4.98. The summed E-state index contributed by atoms with van der Waals surface area (Å²) >= 11 is 0. The van der Waals surface area contributed by atoms with E-state index in [1.54, 1.807) is 6.92 Å². The van der Waals surface area contributed by atoms with Gasteiger partial charge < -0.3 is 10.1 Å². The number of carbonyl (C=O) groups excluding carboxylic acids is 2. The van der Waals surface area contributed by atoms with E-state index in [2.05, 4.69) is 10.0 Å². The number of carbonyl (C=O) groups is 2. The Kier molecular flexibility index (Phi) is 7.46. The molecule has 0 saturated heterocycles. The van der Waals surface area contributed by atoms with Crippen molar-refractivity contribution in [2.45, 2.75) is 44.2 Å². The summed E-state index contributed by atoms with van der Waals surface area (Å²) in [6, 6.07) is 10.3. The molecule has 0 spiro atoms. The van der Waals surface area contributed by atoms with Crippen molar-refractivity contribution >= 4 is 27.6 Å². The number of amides is 1. The fourth-order valence-electron chi connectivity index (χ4n) is 2.28. The van der Waals surface area contributed by atoms with E-state index in [0.717, 1.165) is 6.07 Å². The topological polar surface area (TPSA) is 102 Å². The summed E-state index contributed by atoms with van der Waals surface area (Å²) in [5, 5.41) is 2.45. The standard InChI is InChI=1S/C20H23FN2O5S/c1-4-13(2)23-29(26,27)18-10-8-15(9-11-18)20(25)28-14(3)19(24)22-17-7-5-6-16(21)12-17/h5-14,23H,4H2,1-3H3,(H,22,24)/t13-,14+/m0/s1. The highest BCUT2D eigenvalue weighted by atomic mass is 32.2. The summed E-state index contributed by atoms with van der Waals surface area (Å²) in [7, 11) is -3.69. The molecule has 156 valence electrons. The molecule has 0 fully saturated rings. The Labute approximate surface area is 169 Å². The van der Waals surface area contributed by atoms with Gasteiger partial charge in [-0.15, -0.1) is 0 Å². The van der Waals surface area contributed by atoms with E-state index in [4.69, 9.17) is 4.74 Å². The van der Waals surface area contributed by atoms with Gasteiger partial charge in [-0.25, -0.2) is 22.3 Å². The Morgan fingerprint density at radius 3 is 2.34 bits per heavy atom. The monoisotopic (exact) mass is 422 g/mol. The lowest BCUT2D eigenvalue weighted by atomic mass is 10.2. The first kappa shape index (κ1) is 22.5. The lowest BCUT2D eigenvalue weighted by molar-refractivity contribution is -0.123. The molecule has 1 amide bonds. The second kappa shape index (κ2) is 9.62. The third-order valence-electron chi connectivity index (χ3n) is 4.11. The van der Waals surface area contributed by atoms with Crippen LogP contribution in [-0.4, -0.2) is 32.4 Å². The van der Waals surface area contributed by atoms with Crippen molar-refractivity contribution in [3.05, 3.63) is 59.9 Å². The number of anilines is 1. The summed E-state index contributed by atoms with van der Waals surface area (Å²) in [5.74, 6) is -1.92. The van der Waals surface area contributed by atoms with Crippen LogP contribution >= 0.6 is 0 Å². The normalized spacial score (nSPS) is 13.4. The second-order valence-corrected chi connectivity index (χ2v) is 8.22. The molecule has 0 bridgehead atoms. The van der Waals surface area contributed by atoms with Crippen molar-refractivity contribution in [1.29, 1.82) is 0 Å². The minimum absolute atomic E-state index is 0.0197. The number of nitrogens with one attached hydrogen (secondary N) is 2. The Balaban J connectivity index is 2.00. The van der Waals surface area contributed by atoms with Crippen LogP contribution in [0.2, 0.25) is 0 Å². The lowest BCUT2D eigenvalue weighted by Crippen LogP contribution is -2.32. The first-order valence-corrected chi connectivity index (χ1v) is 10.5. The van der Waals surface area contributed by atoms with E-state index < -0.39 is 33.8 Å². The van der Waals surface area contributed by atoms with Crippen LogP contribution in [0.3, 0.4) is 0 Å². The van der Waals surface area contributed by atoms with E-state index in [0.29, 0.717) is 6.42 Å². The maximum Gasteiger partial charge on any atom is 0.338 e. The first-order chi connectivity index (χ1) is 13.6. The molecule has 0 aromatic heterocycles. The molecular weight excluding hydrogens is 399 g/mol. The second-order valence-electron chi connectivity index (χ2n) is 6.50. The Morgan fingerprint density at radius 1 is 1.10 bits per heavy atom. The average Bonchev–Trinajstić information content (AvgIpc) is 2.67. The van der Waals surface area contributed by atoms with Gasteiger partial charge >= 0.3 is 5.97 Å². The molecule has 29 heavy (non-hydrogen) atoms. The van der Waals surface area contributed by atoms with Crippen molar-refractivity contribution in [3.63, 3.8) is 0 Å². The predicted octanol–water partition coefficient (Wildman–Crippen LogP) is 3.09. The van der Waals surface area contributed by atoms with Crippen LogP contribution in [0.25, 0.3) is 0 Å². The molecule has 0 aliphatic heterocycles. The molecule has 0 radical (unpaired) electrons. The molecule has 0 aliphatic rings. The van der Waals surface area contributed by atoms with Crippen LogP contribution in [0.4, 0.5) is 10.1 Å². The van der Waals surface area contributed by atoms with Gasteiger partial charge in [0.2, 0.25) is 10.0 Å². The lowest BCUT2D eigenvalue weighted by Gasteiger charge is -2.14. The SMILES string of the molecule is CC[C@H](C)NS(=O)(=O)c1ccc(C(=O)O[C@H](C)C(=O)Nc2cccc(F)c2)cc1. The fraction of sp³-hybridized carbons (Fsp3) is 0.300. The maximum atomic E-state index is 13.2. The van der Waals surface area contributed by atoms with Crippen LogP contribution in [-0.2, 0) is 19.6 Å². The molecule has 0 unspecified atom stereocenters. The number of hydrogen-bond acceptors (Lipinski definition) is 5. The molecule has 0 aliphatic carbocycles. The van der Waals surface area contributed by atoms with Gasteiger partial charge in [0, 0.05) is 11.7 Å². The van der Waals surface area contributed by atoms with Crippen LogP contribution in [0.1, 0.15) is 37.6 Å². The van der Waals surface area contributed by atoms with Crippen molar-refractivity contribution in [1.82, 2.24) is 4.72 Å². The van der Waals surface area contributed by atoms with Crippen molar-refractivity contribution < 1.29 is 27.1 Å². The molecule has 2 rings (SSSR count). The summed E-state index contributed by atoms with van der Waals surface area (Å²) < 4.78 is 45.3. The molecule has 2 N–H and O–H groups in total. The first-order valence-electron chi connectivity index (χ1n) is 9.02. The van der Waals surface area contributed by atoms with Gasteiger partial charge in [-0.1, -0.05) is 13.0 Å². The number of benzene rings is 2. The smallest absolute Gasteiger partial charge is 0.338 e. The molecule has 2 aromatic rings. The number of halogens is 1. The van der Waals surface area contributed by atoms with E-state index in [1.165, 1.54) is 49.4 Å². The molecule has 9 heteroatoms. The fourth-order valence-corrected chi connectivity index (χ4v) is 3.61. The zero-order chi connectivity index (χ0) is 21.6. The van der Waals surface area contributed by atoms with Crippen molar-refractivity contribution in [2.24, 2.45) is 0 Å². The van der Waals surface area contributed by atoms with Crippen LogP contribution in [0, 0.1) is 5.82 Å². The molecule has 0 heterocycles. The summed E-state index contributed by atoms with van der Waals surface area (Å²) in [5.41, 5.74) is 0.333. The highest BCUT2D eigenvalue weighted by molar-refractivity contribution is 7.89. The van der Waals surface area contributed by atoms with Gasteiger partial charge in [0.1, 0.15) is 5.82 Å². The van der Waals surface area contributed by atoms with E-state index in [9.17, 15) is 22.4 Å². The minimum Gasteiger partial charge on any atom is -0.449 e. The minimum atomic E-state index is -3.69. The summed E-state index contributed by atoms with van der Waals surface area (Å²) in [4.78, 5) is 24.4. The zero-order valence-corrected chi connectivity index (χ0v) is 17.1. The third-order valence-corrected chi connectivity index (χ3v) is 5.72. The van der Waals surface area contributed by atoms with E-state index in [1.807, 2.05) is 6.92 Å². The van der Waals surface area contributed by atoms with E-state index in [-0.39, 0.29) is 22.2 Å². The molecule has 2 atom stereocenters. The number of hydrogen-bond donors (Lipinski definition) is 2. The quantitative estimate of drug-likeness (QED) is 0.637. The van der Waals surface area contributed by atoms with Gasteiger partial charge in [0.25, 0.3) is 5.91 Å². The average molecular weight is 422 g/mol. The highest BCUT2D eigenvalue weighted by Crippen LogP contribution is 2.14. The zero-order valence-electron chi connectivity index (χ0n) is 16.3. The van der Waals surface area contributed by atoms with Crippen molar-refractivity contribution in [3.8, 4) is 0 Å². The predicted molar refractivity (Wildman–Crippen MR) is 106 cm³/mol. The molecule has 7 nitrogen and oxygen atoms in total. The molecule has 0 saturated carbocycles. The van der Waals surface area contributed by atoms with Crippen LogP contribution in [0.15, 0.2) is 53.4 Å². The summed E-state index contributed by atoms with van der Waals surface area (Å²) in [6.07, 6.45) is -0.500. The highest BCUT2D eigenvalue weighted by Gasteiger charge is 2.21.